The second-order valence-electron chi connectivity index (χ2n) is 6.44. The number of carbonyl (C=O) groups is 1. The molecule has 6 heteroatoms. The average Bonchev–Trinajstić information content (AvgIpc) is 2.70. The van der Waals surface area contributed by atoms with E-state index in [0.717, 1.165) is 34.0 Å². The Morgan fingerprint density at radius 3 is 2.25 bits per heavy atom. The molecule has 1 heterocycles. The highest BCUT2D eigenvalue weighted by molar-refractivity contribution is 7.99. The second kappa shape index (κ2) is 9.37. The lowest BCUT2D eigenvalue weighted by molar-refractivity contribution is -0.113. The van der Waals surface area contributed by atoms with Crippen LogP contribution >= 0.6 is 11.8 Å². The van der Waals surface area contributed by atoms with Gasteiger partial charge in [-0.25, -0.2) is 9.97 Å². The quantitative estimate of drug-likeness (QED) is 0.465. The molecule has 0 saturated heterocycles. The number of carbonyl (C=O) groups excluding carboxylic acids is 1. The van der Waals surface area contributed by atoms with Crippen molar-refractivity contribution in [1.29, 1.82) is 0 Å². The van der Waals surface area contributed by atoms with E-state index in [1.165, 1.54) is 11.8 Å². The predicted molar refractivity (Wildman–Crippen MR) is 113 cm³/mol. The Balaban J connectivity index is 1.49. The number of aromatic nitrogens is 2. The van der Waals surface area contributed by atoms with Crippen molar-refractivity contribution in [2.24, 2.45) is 0 Å². The van der Waals surface area contributed by atoms with Gasteiger partial charge in [-0.2, -0.15) is 0 Å². The van der Waals surface area contributed by atoms with Gasteiger partial charge in [-0.15, -0.1) is 0 Å². The molecule has 3 aromatic rings. The van der Waals surface area contributed by atoms with E-state index in [2.05, 4.69) is 15.3 Å². The zero-order valence-electron chi connectivity index (χ0n) is 16.2. The minimum atomic E-state index is -0.0950. The maximum Gasteiger partial charge on any atom is 0.234 e. The topological polar surface area (TPSA) is 64.1 Å². The Bertz CT molecular complexity index is 921. The molecule has 0 spiro atoms. The van der Waals surface area contributed by atoms with Crippen LogP contribution in [0.25, 0.3) is 0 Å². The summed E-state index contributed by atoms with van der Waals surface area (Å²) in [6, 6.07) is 17.4. The number of anilines is 1. The largest absolute Gasteiger partial charge is 0.489 e. The minimum absolute atomic E-state index is 0.0950. The van der Waals surface area contributed by atoms with Gasteiger partial charge in [0.05, 0.1) is 5.75 Å². The molecule has 0 bridgehead atoms. The van der Waals surface area contributed by atoms with Crippen LogP contribution in [0, 0.1) is 20.8 Å². The highest BCUT2D eigenvalue weighted by Crippen LogP contribution is 2.19. The molecule has 5 nitrogen and oxygen atoms in total. The van der Waals surface area contributed by atoms with Crippen LogP contribution in [0.15, 0.2) is 59.8 Å². The number of thioether (sulfide) groups is 1. The Morgan fingerprint density at radius 2 is 1.61 bits per heavy atom. The molecule has 1 amide bonds. The number of ether oxygens (including phenoxy) is 1. The van der Waals surface area contributed by atoms with Gasteiger partial charge in [-0.1, -0.05) is 42.1 Å². The van der Waals surface area contributed by atoms with Crippen LogP contribution in [0.3, 0.4) is 0 Å². The van der Waals surface area contributed by atoms with E-state index in [0.29, 0.717) is 11.8 Å². The first-order valence-corrected chi connectivity index (χ1v) is 10.0. The summed E-state index contributed by atoms with van der Waals surface area (Å²) in [5.74, 6) is 0.923. The molecule has 0 fully saturated rings. The number of nitrogens with zero attached hydrogens (tertiary/aromatic N) is 2. The first-order valence-electron chi connectivity index (χ1n) is 9.02. The molecule has 28 heavy (non-hydrogen) atoms. The number of aryl methyl sites for hydroxylation is 2. The van der Waals surface area contributed by atoms with Crippen LogP contribution in [-0.2, 0) is 11.4 Å². The molecule has 0 aliphatic carbocycles. The third-order valence-corrected chi connectivity index (χ3v) is 5.18. The van der Waals surface area contributed by atoms with Crippen molar-refractivity contribution in [1.82, 2.24) is 9.97 Å². The van der Waals surface area contributed by atoms with Crippen molar-refractivity contribution in [3.05, 3.63) is 77.1 Å². The number of hydrogen-bond acceptors (Lipinski definition) is 5. The molecule has 0 radical (unpaired) electrons. The zero-order valence-corrected chi connectivity index (χ0v) is 17.0. The fraction of sp³-hybridized carbons (Fsp3) is 0.227. The molecule has 0 saturated carbocycles. The standard InChI is InChI=1S/C22H23N3O2S/c1-15-16(2)23-22(24-17(15)3)28-14-21(26)25-19-9-11-20(12-10-19)27-13-18-7-5-4-6-8-18/h4-12H,13-14H2,1-3H3,(H,25,26). The number of benzene rings is 2. The highest BCUT2D eigenvalue weighted by atomic mass is 32.2. The zero-order chi connectivity index (χ0) is 19.9. The van der Waals surface area contributed by atoms with Gasteiger partial charge < -0.3 is 10.1 Å². The summed E-state index contributed by atoms with van der Waals surface area (Å²) in [6.45, 7) is 6.42. The van der Waals surface area contributed by atoms with Gasteiger partial charge in [0.2, 0.25) is 5.91 Å². The van der Waals surface area contributed by atoms with Crippen LogP contribution in [0.2, 0.25) is 0 Å². The summed E-state index contributed by atoms with van der Waals surface area (Å²) < 4.78 is 5.76. The van der Waals surface area contributed by atoms with Crippen LogP contribution in [0.4, 0.5) is 5.69 Å². The molecule has 0 unspecified atom stereocenters. The highest BCUT2D eigenvalue weighted by Gasteiger charge is 2.09. The lowest BCUT2D eigenvalue weighted by Crippen LogP contribution is -2.14. The molecular weight excluding hydrogens is 370 g/mol. The lowest BCUT2D eigenvalue weighted by Gasteiger charge is -2.09. The molecule has 0 aliphatic heterocycles. The number of amides is 1. The van der Waals surface area contributed by atoms with Crippen LogP contribution < -0.4 is 10.1 Å². The number of rotatable bonds is 7. The van der Waals surface area contributed by atoms with Gasteiger partial charge in [-0.3, -0.25) is 4.79 Å². The van der Waals surface area contributed by atoms with Crippen LogP contribution in [0.5, 0.6) is 5.75 Å². The van der Waals surface area contributed by atoms with Gasteiger partial charge in [-0.05, 0) is 56.2 Å². The summed E-state index contributed by atoms with van der Waals surface area (Å²) in [7, 11) is 0. The van der Waals surface area contributed by atoms with Crippen molar-refractivity contribution in [3.8, 4) is 5.75 Å². The molecule has 1 aromatic heterocycles. The summed E-state index contributed by atoms with van der Waals surface area (Å²) >= 11 is 1.33. The maximum absolute atomic E-state index is 12.2. The lowest BCUT2D eigenvalue weighted by atomic mass is 10.2. The Hall–Kier alpha value is -2.86. The molecule has 0 aliphatic rings. The van der Waals surface area contributed by atoms with Crippen molar-refractivity contribution in [3.63, 3.8) is 0 Å². The van der Waals surface area contributed by atoms with E-state index in [1.807, 2.05) is 75.4 Å². The summed E-state index contributed by atoms with van der Waals surface area (Å²) in [6.07, 6.45) is 0. The summed E-state index contributed by atoms with van der Waals surface area (Å²) in [4.78, 5) is 21.0. The van der Waals surface area contributed by atoms with Crippen LogP contribution in [0.1, 0.15) is 22.5 Å². The summed E-state index contributed by atoms with van der Waals surface area (Å²) in [5, 5.41) is 3.51. The van der Waals surface area contributed by atoms with Gasteiger partial charge in [0, 0.05) is 17.1 Å². The molecular formula is C22H23N3O2S. The Labute approximate surface area is 169 Å². The van der Waals surface area contributed by atoms with E-state index >= 15 is 0 Å². The normalized spacial score (nSPS) is 10.5. The van der Waals surface area contributed by atoms with Crippen molar-refractivity contribution < 1.29 is 9.53 Å². The first kappa shape index (κ1) is 19.9. The Morgan fingerprint density at radius 1 is 0.964 bits per heavy atom. The average molecular weight is 394 g/mol. The fourth-order valence-corrected chi connectivity index (χ4v) is 3.24. The van der Waals surface area contributed by atoms with Gasteiger partial charge in [0.15, 0.2) is 5.16 Å². The van der Waals surface area contributed by atoms with Gasteiger partial charge in [0.1, 0.15) is 12.4 Å². The predicted octanol–water partition coefficient (Wildman–Crippen LogP) is 4.71. The molecule has 1 N–H and O–H groups in total. The molecule has 0 atom stereocenters. The molecule has 2 aromatic carbocycles. The molecule has 3 rings (SSSR count). The first-order chi connectivity index (χ1) is 13.5. The van der Waals surface area contributed by atoms with Crippen molar-refractivity contribution in [2.75, 3.05) is 11.1 Å². The van der Waals surface area contributed by atoms with E-state index in [9.17, 15) is 4.79 Å². The van der Waals surface area contributed by atoms with Crippen molar-refractivity contribution >= 4 is 23.4 Å². The number of hydrogen-bond donors (Lipinski definition) is 1. The third-order valence-electron chi connectivity index (χ3n) is 4.33. The van der Waals surface area contributed by atoms with Crippen LogP contribution in [-0.4, -0.2) is 21.6 Å². The fourth-order valence-electron chi connectivity index (χ4n) is 2.51. The maximum atomic E-state index is 12.2. The van der Waals surface area contributed by atoms with Gasteiger partial charge >= 0.3 is 0 Å². The SMILES string of the molecule is Cc1nc(SCC(=O)Nc2ccc(OCc3ccccc3)cc2)nc(C)c1C. The second-order valence-corrected chi connectivity index (χ2v) is 7.38. The smallest absolute Gasteiger partial charge is 0.234 e. The van der Waals surface area contributed by atoms with E-state index in [1.54, 1.807) is 0 Å². The monoisotopic (exact) mass is 393 g/mol. The molecule has 144 valence electrons. The van der Waals surface area contributed by atoms with E-state index in [-0.39, 0.29) is 11.7 Å². The number of nitrogens with one attached hydrogen (secondary N) is 1. The third kappa shape index (κ3) is 5.57. The Kier molecular flexibility index (Phi) is 6.66. The van der Waals surface area contributed by atoms with Crippen molar-refractivity contribution in [2.45, 2.75) is 32.5 Å². The summed E-state index contributed by atoms with van der Waals surface area (Å²) in [5.41, 5.74) is 4.82. The van der Waals surface area contributed by atoms with E-state index < -0.39 is 0 Å². The van der Waals surface area contributed by atoms with E-state index in [4.69, 9.17) is 4.74 Å². The minimum Gasteiger partial charge on any atom is -0.489 e. The van der Waals surface area contributed by atoms with Gasteiger partial charge in [0.25, 0.3) is 0 Å².